The van der Waals surface area contributed by atoms with Crippen LogP contribution in [-0.2, 0) is 6.42 Å². The Kier molecular flexibility index (Phi) is 5.90. The topological polar surface area (TPSA) is 42.2 Å². The summed E-state index contributed by atoms with van der Waals surface area (Å²) >= 11 is 0. The predicted octanol–water partition coefficient (Wildman–Crippen LogP) is 2.89. The number of hydrogen-bond donors (Lipinski definition) is 1. The van der Waals surface area contributed by atoms with Crippen molar-refractivity contribution in [3.8, 4) is 0 Å². The van der Waals surface area contributed by atoms with Crippen molar-refractivity contribution in [2.75, 3.05) is 20.1 Å². The maximum Gasteiger partial charge on any atom is 0.0416 e. The van der Waals surface area contributed by atoms with Crippen LogP contribution in [0.4, 0.5) is 0 Å². The molecule has 2 atom stereocenters. The maximum absolute atomic E-state index is 6.36. The highest BCUT2D eigenvalue weighted by Crippen LogP contribution is 2.19. The van der Waals surface area contributed by atoms with Gasteiger partial charge in [-0.3, -0.25) is 4.98 Å². The molecule has 3 nitrogen and oxygen atoms in total. The van der Waals surface area contributed by atoms with Crippen molar-refractivity contribution in [3.63, 3.8) is 0 Å². The number of benzene rings is 1. The molecule has 0 aliphatic rings. The number of pyridine rings is 1. The Morgan fingerprint density at radius 1 is 1.10 bits per heavy atom. The highest BCUT2D eigenvalue weighted by atomic mass is 15.1. The summed E-state index contributed by atoms with van der Waals surface area (Å²) in [5.41, 5.74) is 8.71. The summed E-state index contributed by atoms with van der Waals surface area (Å²) in [6.45, 7) is 4.21. The van der Waals surface area contributed by atoms with Crippen molar-refractivity contribution < 1.29 is 0 Å². The number of hydrogen-bond acceptors (Lipinski definition) is 3. The van der Waals surface area contributed by atoms with Gasteiger partial charge in [-0.2, -0.15) is 0 Å². The van der Waals surface area contributed by atoms with Gasteiger partial charge in [-0.05, 0) is 30.7 Å². The number of nitrogens with two attached hydrogens (primary N) is 1. The normalized spacial score (nSPS) is 14.1. The summed E-state index contributed by atoms with van der Waals surface area (Å²) in [4.78, 5) is 6.70. The highest BCUT2D eigenvalue weighted by molar-refractivity contribution is 5.19. The van der Waals surface area contributed by atoms with E-state index in [1.807, 2.05) is 36.5 Å². The molecule has 0 saturated carbocycles. The summed E-state index contributed by atoms with van der Waals surface area (Å²) < 4.78 is 0. The van der Waals surface area contributed by atoms with Gasteiger partial charge in [-0.1, -0.05) is 43.3 Å². The van der Waals surface area contributed by atoms with Gasteiger partial charge in [-0.15, -0.1) is 0 Å². The van der Waals surface area contributed by atoms with E-state index in [1.165, 1.54) is 5.56 Å². The number of nitrogens with zero attached hydrogens (tertiary/aromatic N) is 2. The van der Waals surface area contributed by atoms with Crippen molar-refractivity contribution in [1.29, 1.82) is 0 Å². The zero-order chi connectivity index (χ0) is 15.1. The van der Waals surface area contributed by atoms with E-state index in [9.17, 15) is 0 Å². The smallest absolute Gasteiger partial charge is 0.0416 e. The first-order valence-corrected chi connectivity index (χ1v) is 7.56. The van der Waals surface area contributed by atoms with E-state index in [0.29, 0.717) is 5.92 Å². The first-order valence-electron chi connectivity index (χ1n) is 7.56. The van der Waals surface area contributed by atoms with Crippen LogP contribution in [0, 0.1) is 5.92 Å². The Labute approximate surface area is 127 Å². The van der Waals surface area contributed by atoms with Crippen molar-refractivity contribution in [1.82, 2.24) is 9.88 Å². The van der Waals surface area contributed by atoms with E-state index in [-0.39, 0.29) is 6.04 Å². The van der Waals surface area contributed by atoms with Crippen molar-refractivity contribution in [3.05, 3.63) is 66.0 Å². The fourth-order valence-corrected chi connectivity index (χ4v) is 2.55. The lowest BCUT2D eigenvalue weighted by atomic mass is 9.95. The molecule has 2 aromatic rings. The molecule has 0 aliphatic heterocycles. The first kappa shape index (κ1) is 15.7. The van der Waals surface area contributed by atoms with Gasteiger partial charge in [0, 0.05) is 37.4 Å². The van der Waals surface area contributed by atoms with E-state index < -0.39 is 0 Å². The summed E-state index contributed by atoms with van der Waals surface area (Å²) in [6.07, 6.45) is 2.83. The largest absolute Gasteiger partial charge is 0.324 e. The SMILES string of the molecule is CC(CN(C)CCc1ccccn1)C(N)c1ccccc1. The van der Waals surface area contributed by atoms with Crippen LogP contribution in [0.2, 0.25) is 0 Å². The maximum atomic E-state index is 6.36. The predicted molar refractivity (Wildman–Crippen MR) is 88.0 cm³/mol. The third-order valence-corrected chi connectivity index (χ3v) is 3.87. The van der Waals surface area contributed by atoms with Crippen LogP contribution in [0.5, 0.6) is 0 Å². The molecule has 112 valence electrons. The molecular formula is C18H25N3. The minimum Gasteiger partial charge on any atom is -0.324 e. The second-order valence-corrected chi connectivity index (χ2v) is 5.75. The lowest BCUT2D eigenvalue weighted by molar-refractivity contribution is 0.266. The van der Waals surface area contributed by atoms with Gasteiger partial charge in [-0.25, -0.2) is 0 Å². The third-order valence-electron chi connectivity index (χ3n) is 3.87. The lowest BCUT2D eigenvalue weighted by Gasteiger charge is -2.26. The quantitative estimate of drug-likeness (QED) is 0.849. The molecule has 0 aliphatic carbocycles. The van der Waals surface area contributed by atoms with Crippen LogP contribution >= 0.6 is 0 Å². The van der Waals surface area contributed by atoms with Gasteiger partial charge >= 0.3 is 0 Å². The molecule has 1 aromatic carbocycles. The Morgan fingerprint density at radius 2 is 1.81 bits per heavy atom. The van der Waals surface area contributed by atoms with Crippen LogP contribution in [-0.4, -0.2) is 30.0 Å². The molecule has 21 heavy (non-hydrogen) atoms. The number of likely N-dealkylation sites (N-methyl/N-ethyl adjacent to an activating group) is 1. The van der Waals surface area contributed by atoms with Gasteiger partial charge in [0.2, 0.25) is 0 Å². The molecule has 3 heteroatoms. The van der Waals surface area contributed by atoms with E-state index >= 15 is 0 Å². The minimum absolute atomic E-state index is 0.0866. The van der Waals surface area contributed by atoms with E-state index in [4.69, 9.17) is 5.73 Å². The van der Waals surface area contributed by atoms with Gasteiger partial charge in [0.25, 0.3) is 0 Å². The fraction of sp³-hybridized carbons (Fsp3) is 0.389. The summed E-state index contributed by atoms with van der Waals surface area (Å²) in [5, 5.41) is 0. The molecule has 1 aromatic heterocycles. The number of aromatic nitrogens is 1. The number of rotatable bonds is 7. The molecule has 0 amide bonds. The molecule has 0 radical (unpaired) electrons. The zero-order valence-corrected chi connectivity index (χ0v) is 12.9. The van der Waals surface area contributed by atoms with Crippen LogP contribution in [0.1, 0.15) is 24.2 Å². The van der Waals surface area contributed by atoms with Gasteiger partial charge in [0.1, 0.15) is 0 Å². The molecule has 0 fully saturated rings. The summed E-state index contributed by atoms with van der Waals surface area (Å²) in [6, 6.07) is 16.5. The minimum atomic E-state index is 0.0866. The monoisotopic (exact) mass is 283 g/mol. The first-order chi connectivity index (χ1) is 10.2. The van der Waals surface area contributed by atoms with Crippen molar-refractivity contribution in [2.45, 2.75) is 19.4 Å². The Bertz CT molecular complexity index is 513. The highest BCUT2D eigenvalue weighted by Gasteiger charge is 2.16. The van der Waals surface area contributed by atoms with E-state index in [1.54, 1.807) is 0 Å². The third kappa shape index (κ3) is 4.96. The molecule has 2 rings (SSSR count). The van der Waals surface area contributed by atoms with Crippen molar-refractivity contribution >= 4 is 0 Å². The van der Waals surface area contributed by atoms with Crippen molar-refractivity contribution in [2.24, 2.45) is 11.7 Å². The van der Waals surface area contributed by atoms with E-state index in [0.717, 1.165) is 25.2 Å². The standard InChI is InChI=1S/C18H25N3/c1-15(18(19)16-8-4-3-5-9-16)14-21(2)13-11-17-10-6-7-12-20-17/h3-10,12,15,18H,11,13-14,19H2,1-2H3. The Hall–Kier alpha value is -1.71. The molecule has 1 heterocycles. The molecule has 0 spiro atoms. The van der Waals surface area contributed by atoms with Crippen LogP contribution in [0.15, 0.2) is 54.7 Å². The fourth-order valence-electron chi connectivity index (χ4n) is 2.55. The summed E-state index contributed by atoms with van der Waals surface area (Å²) in [5.74, 6) is 0.418. The van der Waals surface area contributed by atoms with E-state index in [2.05, 4.69) is 42.1 Å². The van der Waals surface area contributed by atoms with Gasteiger partial charge in [0.15, 0.2) is 0 Å². The zero-order valence-electron chi connectivity index (χ0n) is 12.9. The lowest BCUT2D eigenvalue weighted by Crippen LogP contribution is -2.32. The molecular weight excluding hydrogens is 258 g/mol. The average molecular weight is 283 g/mol. The Morgan fingerprint density at radius 3 is 2.48 bits per heavy atom. The molecule has 2 N–H and O–H groups in total. The molecule has 2 unspecified atom stereocenters. The second-order valence-electron chi connectivity index (χ2n) is 5.75. The van der Waals surface area contributed by atoms with Crippen LogP contribution in [0.25, 0.3) is 0 Å². The van der Waals surface area contributed by atoms with Crippen LogP contribution in [0.3, 0.4) is 0 Å². The summed E-state index contributed by atoms with van der Waals surface area (Å²) in [7, 11) is 2.15. The van der Waals surface area contributed by atoms with Crippen LogP contribution < -0.4 is 5.73 Å². The Balaban J connectivity index is 1.80. The molecule has 0 saturated heterocycles. The van der Waals surface area contributed by atoms with Gasteiger partial charge in [0.05, 0.1) is 0 Å². The second kappa shape index (κ2) is 7.91. The van der Waals surface area contributed by atoms with Gasteiger partial charge < -0.3 is 10.6 Å². The molecule has 0 bridgehead atoms. The average Bonchev–Trinajstić information content (AvgIpc) is 2.54.